The number of rotatable bonds is 2. The Kier molecular flexibility index (Phi) is 2.31. The van der Waals surface area contributed by atoms with Crippen LogP contribution in [0.1, 0.15) is 5.69 Å². The largest absolute Gasteiger partial charge is 0.322 e. The van der Waals surface area contributed by atoms with Gasteiger partial charge < -0.3 is 5.32 Å². The fourth-order valence-corrected chi connectivity index (χ4v) is 0.952. The lowest BCUT2D eigenvalue weighted by molar-refractivity contribution is 1.11. The minimum Gasteiger partial charge on any atom is -0.322 e. The quantitative estimate of drug-likeness (QED) is 0.768. The summed E-state index contributed by atoms with van der Waals surface area (Å²) in [6.07, 6.45) is 8.21. The summed E-state index contributed by atoms with van der Waals surface area (Å²) in [4.78, 5) is 16.2. The highest BCUT2D eigenvalue weighted by Gasteiger charge is 1.95. The van der Waals surface area contributed by atoms with E-state index in [9.17, 15) is 0 Å². The van der Waals surface area contributed by atoms with Gasteiger partial charge in [-0.1, -0.05) is 0 Å². The molecule has 0 bridgehead atoms. The molecule has 2 aromatic heterocycles. The first-order valence-corrected chi connectivity index (χ1v) is 4.16. The Labute approximate surface area is 81.3 Å². The van der Waals surface area contributed by atoms with Crippen molar-refractivity contribution in [2.24, 2.45) is 0 Å². The maximum atomic E-state index is 4.13. The van der Waals surface area contributed by atoms with Gasteiger partial charge in [0.05, 0.1) is 24.3 Å². The van der Waals surface area contributed by atoms with E-state index in [0.29, 0.717) is 11.6 Å². The summed E-state index contributed by atoms with van der Waals surface area (Å²) in [5, 5.41) is 2.98. The van der Waals surface area contributed by atoms with Gasteiger partial charge in [0.25, 0.3) is 0 Å². The van der Waals surface area contributed by atoms with Gasteiger partial charge in [0, 0.05) is 12.4 Å². The Hall–Kier alpha value is -2.04. The molecule has 2 rings (SSSR count). The zero-order valence-corrected chi connectivity index (χ0v) is 7.68. The minimum absolute atomic E-state index is 0.658. The molecule has 0 aliphatic carbocycles. The summed E-state index contributed by atoms with van der Waals surface area (Å²) in [5.41, 5.74) is 0.884. The van der Waals surface area contributed by atoms with Gasteiger partial charge in [-0.15, -0.1) is 0 Å². The van der Waals surface area contributed by atoms with Crippen molar-refractivity contribution in [3.05, 3.63) is 36.7 Å². The number of anilines is 2. The Morgan fingerprint density at radius 1 is 0.929 bits per heavy atom. The van der Waals surface area contributed by atoms with Crippen LogP contribution in [0.15, 0.2) is 31.0 Å². The summed E-state index contributed by atoms with van der Waals surface area (Å²) < 4.78 is 0. The van der Waals surface area contributed by atoms with Gasteiger partial charge in [-0.05, 0) is 6.92 Å². The Bertz CT molecular complexity index is 397. The number of aromatic nitrogens is 4. The van der Waals surface area contributed by atoms with Gasteiger partial charge in [0.1, 0.15) is 11.6 Å². The second-order valence-corrected chi connectivity index (χ2v) is 2.76. The van der Waals surface area contributed by atoms with Crippen LogP contribution in [0.5, 0.6) is 0 Å². The molecule has 0 aliphatic heterocycles. The van der Waals surface area contributed by atoms with Gasteiger partial charge in [0.15, 0.2) is 0 Å². The van der Waals surface area contributed by atoms with E-state index in [1.807, 2.05) is 6.92 Å². The smallest absolute Gasteiger partial charge is 0.150 e. The van der Waals surface area contributed by atoms with Gasteiger partial charge in [-0.25, -0.2) is 9.97 Å². The van der Waals surface area contributed by atoms with Gasteiger partial charge >= 0.3 is 0 Å². The van der Waals surface area contributed by atoms with Crippen molar-refractivity contribution < 1.29 is 0 Å². The van der Waals surface area contributed by atoms with Crippen molar-refractivity contribution in [3.63, 3.8) is 0 Å². The summed E-state index contributed by atoms with van der Waals surface area (Å²) >= 11 is 0. The van der Waals surface area contributed by atoms with Crippen molar-refractivity contribution in [3.8, 4) is 0 Å². The van der Waals surface area contributed by atoms with Crippen LogP contribution in [0.4, 0.5) is 11.6 Å². The minimum atomic E-state index is 0.658. The van der Waals surface area contributed by atoms with E-state index < -0.39 is 0 Å². The van der Waals surface area contributed by atoms with E-state index in [1.165, 1.54) is 0 Å². The van der Waals surface area contributed by atoms with E-state index >= 15 is 0 Å². The standard InChI is InChI=1S/C9H9N5/c1-7-4-13-9(6-12-7)14-8-5-10-2-3-11-8/h2-6H,1H3,(H,11,13,14). The lowest BCUT2D eigenvalue weighted by Gasteiger charge is -2.02. The van der Waals surface area contributed by atoms with E-state index in [4.69, 9.17) is 0 Å². The molecular formula is C9H9N5. The van der Waals surface area contributed by atoms with E-state index in [-0.39, 0.29) is 0 Å². The monoisotopic (exact) mass is 187 g/mol. The molecule has 5 nitrogen and oxygen atoms in total. The Morgan fingerprint density at radius 2 is 1.79 bits per heavy atom. The van der Waals surface area contributed by atoms with Crippen LogP contribution >= 0.6 is 0 Å². The number of hydrogen-bond donors (Lipinski definition) is 1. The van der Waals surface area contributed by atoms with Gasteiger partial charge in [0.2, 0.25) is 0 Å². The molecule has 0 atom stereocenters. The molecule has 0 spiro atoms. The van der Waals surface area contributed by atoms with Crippen LogP contribution in [0.25, 0.3) is 0 Å². The number of nitrogens with one attached hydrogen (secondary N) is 1. The van der Waals surface area contributed by atoms with Crippen molar-refractivity contribution >= 4 is 11.6 Å². The summed E-state index contributed by atoms with van der Waals surface area (Å²) in [5.74, 6) is 1.32. The van der Waals surface area contributed by atoms with Crippen molar-refractivity contribution in [1.82, 2.24) is 19.9 Å². The third-order valence-corrected chi connectivity index (χ3v) is 1.60. The average Bonchev–Trinajstić information content (AvgIpc) is 2.23. The third-order valence-electron chi connectivity index (χ3n) is 1.60. The zero-order valence-electron chi connectivity index (χ0n) is 7.68. The lowest BCUT2D eigenvalue weighted by atomic mass is 10.5. The first-order chi connectivity index (χ1) is 6.84. The normalized spacial score (nSPS) is 9.79. The molecule has 0 aromatic carbocycles. The fourth-order valence-electron chi connectivity index (χ4n) is 0.952. The summed E-state index contributed by atoms with van der Waals surface area (Å²) in [6, 6.07) is 0. The van der Waals surface area contributed by atoms with Crippen LogP contribution < -0.4 is 5.32 Å². The molecule has 2 heterocycles. The number of nitrogens with zero attached hydrogens (tertiary/aromatic N) is 4. The predicted octanol–water partition coefficient (Wildman–Crippen LogP) is 1.32. The SMILES string of the molecule is Cc1cnc(Nc2cnccn2)cn1. The zero-order chi connectivity index (χ0) is 9.80. The molecule has 14 heavy (non-hydrogen) atoms. The molecule has 0 aliphatic rings. The summed E-state index contributed by atoms with van der Waals surface area (Å²) in [7, 11) is 0. The Morgan fingerprint density at radius 3 is 2.43 bits per heavy atom. The second kappa shape index (κ2) is 3.78. The van der Waals surface area contributed by atoms with Crippen LogP contribution in [0, 0.1) is 6.92 Å². The highest BCUT2D eigenvalue weighted by molar-refractivity contribution is 5.48. The van der Waals surface area contributed by atoms with Crippen LogP contribution in [-0.4, -0.2) is 19.9 Å². The third kappa shape index (κ3) is 2.01. The molecule has 0 radical (unpaired) electrons. The van der Waals surface area contributed by atoms with E-state index in [1.54, 1.807) is 31.0 Å². The second-order valence-electron chi connectivity index (χ2n) is 2.76. The Balaban J connectivity index is 2.16. The first kappa shape index (κ1) is 8.55. The molecular weight excluding hydrogens is 178 g/mol. The maximum Gasteiger partial charge on any atom is 0.150 e. The predicted molar refractivity (Wildman–Crippen MR) is 52.1 cm³/mol. The maximum absolute atomic E-state index is 4.13. The lowest BCUT2D eigenvalue weighted by Crippen LogP contribution is -1.97. The molecule has 0 saturated heterocycles. The topological polar surface area (TPSA) is 63.6 Å². The number of hydrogen-bond acceptors (Lipinski definition) is 5. The molecule has 0 amide bonds. The van der Waals surface area contributed by atoms with Crippen molar-refractivity contribution in [2.45, 2.75) is 6.92 Å². The van der Waals surface area contributed by atoms with Crippen molar-refractivity contribution in [2.75, 3.05) is 5.32 Å². The van der Waals surface area contributed by atoms with Crippen LogP contribution in [0.3, 0.4) is 0 Å². The molecule has 70 valence electrons. The average molecular weight is 187 g/mol. The number of aryl methyl sites for hydroxylation is 1. The fraction of sp³-hybridized carbons (Fsp3) is 0.111. The molecule has 5 heteroatoms. The van der Waals surface area contributed by atoms with Crippen LogP contribution in [-0.2, 0) is 0 Å². The molecule has 2 aromatic rings. The highest BCUT2D eigenvalue weighted by atomic mass is 15.1. The molecule has 0 unspecified atom stereocenters. The molecule has 1 N–H and O–H groups in total. The van der Waals surface area contributed by atoms with Crippen molar-refractivity contribution in [1.29, 1.82) is 0 Å². The highest BCUT2D eigenvalue weighted by Crippen LogP contribution is 2.07. The van der Waals surface area contributed by atoms with Crippen LogP contribution in [0.2, 0.25) is 0 Å². The first-order valence-electron chi connectivity index (χ1n) is 4.16. The van der Waals surface area contributed by atoms with Gasteiger partial charge in [-0.2, -0.15) is 0 Å². The van der Waals surface area contributed by atoms with Gasteiger partial charge in [-0.3, -0.25) is 9.97 Å². The summed E-state index contributed by atoms with van der Waals surface area (Å²) in [6.45, 7) is 1.89. The molecule has 0 fully saturated rings. The molecule has 0 saturated carbocycles. The van der Waals surface area contributed by atoms with E-state index in [0.717, 1.165) is 5.69 Å². The van der Waals surface area contributed by atoms with E-state index in [2.05, 4.69) is 25.3 Å².